The van der Waals surface area contributed by atoms with E-state index >= 15 is 0 Å². The fourth-order valence-electron chi connectivity index (χ4n) is 4.90. The van der Waals surface area contributed by atoms with E-state index < -0.39 is 0 Å². The molecule has 0 bridgehead atoms. The summed E-state index contributed by atoms with van der Waals surface area (Å²) in [5, 5.41) is 2.37. The minimum absolute atomic E-state index is 0.0450. The zero-order chi connectivity index (χ0) is 23.7. The third-order valence-corrected chi connectivity index (χ3v) is 6.69. The second kappa shape index (κ2) is 9.22. The molecule has 172 valence electrons. The van der Waals surface area contributed by atoms with Gasteiger partial charge < -0.3 is 14.4 Å². The van der Waals surface area contributed by atoms with Crippen molar-refractivity contribution in [3.8, 4) is 11.5 Å². The van der Waals surface area contributed by atoms with E-state index in [1.165, 1.54) is 21.9 Å². The van der Waals surface area contributed by atoms with Crippen molar-refractivity contribution < 1.29 is 14.3 Å². The SMILES string of the molecule is CCN1C(=O)CC(c2ccc(OCc3ccc(C)cc3)c(OC)c2)c2c1ccc1ccccc21. The zero-order valence-electron chi connectivity index (χ0n) is 19.9. The van der Waals surface area contributed by atoms with Crippen LogP contribution in [0.2, 0.25) is 0 Å². The van der Waals surface area contributed by atoms with Crippen LogP contribution in [-0.2, 0) is 11.4 Å². The van der Waals surface area contributed by atoms with Gasteiger partial charge in [0.05, 0.1) is 7.11 Å². The first-order chi connectivity index (χ1) is 16.6. The highest BCUT2D eigenvalue weighted by atomic mass is 16.5. The predicted molar refractivity (Wildman–Crippen MR) is 137 cm³/mol. The third-order valence-electron chi connectivity index (χ3n) is 6.69. The van der Waals surface area contributed by atoms with Gasteiger partial charge in [0.2, 0.25) is 5.91 Å². The maximum atomic E-state index is 13.1. The van der Waals surface area contributed by atoms with E-state index in [0.29, 0.717) is 31.1 Å². The van der Waals surface area contributed by atoms with Crippen molar-refractivity contribution in [2.75, 3.05) is 18.6 Å². The Balaban J connectivity index is 1.53. The molecule has 4 aromatic rings. The van der Waals surface area contributed by atoms with Crippen LogP contribution in [-0.4, -0.2) is 19.6 Å². The molecular weight excluding hydrogens is 422 g/mol. The molecule has 1 unspecified atom stereocenters. The molecule has 5 rings (SSSR count). The molecule has 1 aliphatic rings. The van der Waals surface area contributed by atoms with E-state index in [1.54, 1.807) is 7.11 Å². The average Bonchev–Trinajstić information content (AvgIpc) is 2.87. The third kappa shape index (κ3) is 4.01. The Morgan fingerprint density at radius 1 is 0.941 bits per heavy atom. The monoisotopic (exact) mass is 451 g/mol. The summed E-state index contributed by atoms with van der Waals surface area (Å²) >= 11 is 0. The Bertz CT molecular complexity index is 1340. The Kier molecular flexibility index (Phi) is 5.97. The normalized spacial score (nSPS) is 15.3. The van der Waals surface area contributed by atoms with Crippen LogP contribution in [0.25, 0.3) is 10.8 Å². The van der Waals surface area contributed by atoms with E-state index in [4.69, 9.17) is 9.47 Å². The Labute approximate surface area is 200 Å². The summed E-state index contributed by atoms with van der Waals surface area (Å²) in [5.41, 5.74) is 5.59. The quantitative estimate of drug-likeness (QED) is 0.330. The van der Waals surface area contributed by atoms with Crippen LogP contribution in [0.15, 0.2) is 78.9 Å². The van der Waals surface area contributed by atoms with Crippen molar-refractivity contribution >= 4 is 22.4 Å². The van der Waals surface area contributed by atoms with Gasteiger partial charge in [0.25, 0.3) is 0 Å². The lowest BCUT2D eigenvalue weighted by atomic mass is 9.81. The Hall–Kier alpha value is -3.79. The summed E-state index contributed by atoms with van der Waals surface area (Å²) in [4.78, 5) is 15.0. The maximum Gasteiger partial charge on any atom is 0.227 e. The number of hydrogen-bond donors (Lipinski definition) is 0. The standard InChI is InChI=1S/C30H29NO3/c1-4-31-26-15-13-22-7-5-6-8-24(22)30(26)25(18-29(31)32)23-14-16-27(28(17-23)33-3)34-19-21-11-9-20(2)10-12-21/h5-17,25H,4,18-19H2,1-3H3. The van der Waals surface area contributed by atoms with Gasteiger partial charge in [0.15, 0.2) is 11.5 Å². The van der Waals surface area contributed by atoms with Crippen molar-refractivity contribution in [1.82, 2.24) is 0 Å². The van der Waals surface area contributed by atoms with Crippen molar-refractivity contribution in [1.29, 1.82) is 0 Å². The number of methoxy groups -OCH3 is 1. The number of rotatable bonds is 6. The molecule has 4 aromatic carbocycles. The molecule has 1 heterocycles. The number of ether oxygens (including phenoxy) is 2. The minimum Gasteiger partial charge on any atom is -0.493 e. The van der Waals surface area contributed by atoms with E-state index in [2.05, 4.69) is 73.7 Å². The lowest BCUT2D eigenvalue weighted by Gasteiger charge is -2.35. The lowest BCUT2D eigenvalue weighted by Crippen LogP contribution is -2.36. The van der Waals surface area contributed by atoms with E-state index in [1.807, 2.05) is 24.0 Å². The molecule has 0 saturated heterocycles. The van der Waals surface area contributed by atoms with Crippen LogP contribution in [0.5, 0.6) is 11.5 Å². The molecule has 34 heavy (non-hydrogen) atoms. The van der Waals surface area contributed by atoms with E-state index in [-0.39, 0.29) is 11.8 Å². The van der Waals surface area contributed by atoms with Crippen molar-refractivity contribution in [3.05, 3.63) is 101 Å². The number of aryl methyl sites for hydroxylation is 1. The molecule has 0 aliphatic carbocycles. The molecule has 4 heteroatoms. The van der Waals surface area contributed by atoms with Crippen LogP contribution in [0.4, 0.5) is 5.69 Å². The highest BCUT2D eigenvalue weighted by Crippen LogP contribution is 2.45. The van der Waals surface area contributed by atoms with Crippen molar-refractivity contribution in [2.45, 2.75) is 32.8 Å². The van der Waals surface area contributed by atoms with Gasteiger partial charge in [-0.3, -0.25) is 4.79 Å². The maximum absolute atomic E-state index is 13.1. The number of nitrogens with zero attached hydrogens (tertiary/aromatic N) is 1. The first-order valence-electron chi connectivity index (χ1n) is 11.8. The fourth-order valence-corrected chi connectivity index (χ4v) is 4.90. The number of carbonyl (C=O) groups is 1. The number of fused-ring (bicyclic) bond motifs is 3. The molecule has 0 radical (unpaired) electrons. The molecule has 1 aliphatic heterocycles. The molecule has 1 amide bonds. The molecule has 0 aromatic heterocycles. The minimum atomic E-state index is -0.0450. The van der Waals surface area contributed by atoms with Gasteiger partial charge >= 0.3 is 0 Å². The summed E-state index contributed by atoms with van der Waals surface area (Å²) in [6, 6.07) is 27.0. The van der Waals surface area contributed by atoms with E-state index in [9.17, 15) is 4.79 Å². The molecule has 1 atom stereocenters. The summed E-state index contributed by atoms with van der Waals surface area (Å²) in [7, 11) is 1.66. The summed E-state index contributed by atoms with van der Waals surface area (Å²) in [6.45, 7) is 5.23. The van der Waals surface area contributed by atoms with Crippen LogP contribution < -0.4 is 14.4 Å². The van der Waals surface area contributed by atoms with Gasteiger partial charge in [0.1, 0.15) is 6.61 Å². The first kappa shape index (κ1) is 22.0. The van der Waals surface area contributed by atoms with Crippen LogP contribution >= 0.6 is 0 Å². The largest absolute Gasteiger partial charge is 0.493 e. The van der Waals surface area contributed by atoms with Gasteiger partial charge in [-0.2, -0.15) is 0 Å². The second-order valence-electron chi connectivity index (χ2n) is 8.80. The molecule has 0 spiro atoms. The number of hydrogen-bond acceptors (Lipinski definition) is 3. The molecular formula is C30H29NO3. The topological polar surface area (TPSA) is 38.8 Å². The molecule has 4 nitrogen and oxygen atoms in total. The number of carbonyl (C=O) groups excluding carboxylic acids is 1. The number of amides is 1. The predicted octanol–water partition coefficient (Wildman–Crippen LogP) is 6.62. The fraction of sp³-hybridized carbons (Fsp3) is 0.233. The smallest absolute Gasteiger partial charge is 0.227 e. The van der Waals surface area contributed by atoms with Crippen LogP contribution in [0, 0.1) is 6.92 Å². The van der Waals surface area contributed by atoms with Crippen LogP contribution in [0.1, 0.15) is 41.5 Å². The second-order valence-corrected chi connectivity index (χ2v) is 8.80. The molecule has 0 N–H and O–H groups in total. The van der Waals surface area contributed by atoms with Gasteiger partial charge in [-0.1, -0.05) is 66.2 Å². The van der Waals surface area contributed by atoms with Crippen LogP contribution in [0.3, 0.4) is 0 Å². The summed E-state index contributed by atoms with van der Waals surface area (Å²) < 4.78 is 11.8. The van der Waals surface area contributed by atoms with Gasteiger partial charge in [-0.25, -0.2) is 0 Å². The van der Waals surface area contributed by atoms with Gasteiger partial charge in [0, 0.05) is 24.6 Å². The summed E-state index contributed by atoms with van der Waals surface area (Å²) in [6.07, 6.45) is 0.432. The highest BCUT2D eigenvalue weighted by molar-refractivity contribution is 6.03. The van der Waals surface area contributed by atoms with Crippen molar-refractivity contribution in [2.24, 2.45) is 0 Å². The number of anilines is 1. The Morgan fingerprint density at radius 3 is 2.50 bits per heavy atom. The van der Waals surface area contributed by atoms with Crippen molar-refractivity contribution in [3.63, 3.8) is 0 Å². The zero-order valence-corrected chi connectivity index (χ0v) is 19.9. The molecule has 0 saturated carbocycles. The lowest BCUT2D eigenvalue weighted by molar-refractivity contribution is -0.119. The van der Waals surface area contributed by atoms with Gasteiger partial charge in [-0.15, -0.1) is 0 Å². The first-order valence-corrected chi connectivity index (χ1v) is 11.8. The highest BCUT2D eigenvalue weighted by Gasteiger charge is 2.33. The van der Waals surface area contributed by atoms with Gasteiger partial charge in [-0.05, 0) is 59.5 Å². The number of benzene rings is 4. The Morgan fingerprint density at radius 2 is 1.74 bits per heavy atom. The average molecular weight is 452 g/mol. The molecule has 0 fully saturated rings. The summed E-state index contributed by atoms with van der Waals surface area (Å²) in [5.74, 6) is 1.48. The van der Waals surface area contributed by atoms with E-state index in [0.717, 1.165) is 16.8 Å².